The normalized spacial score (nSPS) is 31.5. The number of aliphatic carboxylic acids is 1. The van der Waals surface area contributed by atoms with E-state index in [1.807, 2.05) is 37.4 Å². The summed E-state index contributed by atoms with van der Waals surface area (Å²) < 4.78 is 30.0. The van der Waals surface area contributed by atoms with Gasteiger partial charge < -0.3 is 45.4 Å². The fraction of sp³-hybridized carbons (Fsp3) is 0.524. The lowest BCUT2D eigenvalue weighted by molar-refractivity contribution is -0.200. The first-order chi connectivity index (χ1) is 29.3. The smallest absolute Gasteiger partial charge is 0.470 e. The number of hydrogen-bond donors (Lipinski definition) is 7. The minimum atomic E-state index is -5.04. The van der Waals surface area contributed by atoms with Gasteiger partial charge in [0.05, 0.1) is 29.0 Å². The number of phosphoric acid groups is 1. The van der Waals surface area contributed by atoms with Crippen molar-refractivity contribution in [3.63, 3.8) is 0 Å². The van der Waals surface area contributed by atoms with Crippen LogP contribution in [0.2, 0.25) is 0 Å². The number of benzene rings is 1. The molecule has 62 heavy (non-hydrogen) atoms. The first kappa shape index (κ1) is 46.1. The second kappa shape index (κ2) is 17.9. The zero-order valence-electron chi connectivity index (χ0n) is 33.9. The van der Waals surface area contributed by atoms with E-state index in [2.05, 4.69) is 31.9 Å². The number of aliphatic hydroxyl groups is 1. The van der Waals surface area contributed by atoms with Crippen LogP contribution < -0.4 is 16.0 Å². The fourth-order valence-corrected chi connectivity index (χ4v) is 12.1. The summed E-state index contributed by atoms with van der Waals surface area (Å²) in [5, 5.41) is 30.7. The van der Waals surface area contributed by atoms with Gasteiger partial charge in [0.25, 0.3) is 0 Å². The van der Waals surface area contributed by atoms with Crippen molar-refractivity contribution < 1.29 is 67.3 Å². The summed E-state index contributed by atoms with van der Waals surface area (Å²) in [5.74, 6) is -4.16. The molecule has 17 nitrogen and oxygen atoms in total. The lowest BCUT2D eigenvalue weighted by atomic mass is 9.46. The van der Waals surface area contributed by atoms with Crippen LogP contribution >= 0.6 is 35.1 Å². The van der Waals surface area contributed by atoms with E-state index in [9.17, 15) is 53.3 Å². The Morgan fingerprint density at radius 2 is 1.89 bits per heavy atom. The number of allylic oxidation sites excluding steroid dienone is 4. The minimum absolute atomic E-state index is 0.0214. The number of fused-ring (bicyclic) bond motifs is 7. The van der Waals surface area contributed by atoms with Gasteiger partial charge in [0, 0.05) is 28.9 Å². The number of carbonyl (C=O) groups is 6. The van der Waals surface area contributed by atoms with Gasteiger partial charge in [-0.2, -0.15) is 0 Å². The number of carboxylic acid groups (broad SMARTS) is 1. The van der Waals surface area contributed by atoms with Crippen LogP contribution in [0, 0.1) is 28.6 Å². The van der Waals surface area contributed by atoms with Crippen molar-refractivity contribution >= 4 is 76.0 Å². The number of hydrogen-bond acceptors (Lipinski definition) is 12. The Balaban J connectivity index is 1.07. The second-order valence-corrected chi connectivity index (χ2v) is 19.9. The largest absolute Gasteiger partial charge is 0.481 e. The molecule has 0 bridgehead atoms. The number of anilines is 1. The van der Waals surface area contributed by atoms with Crippen molar-refractivity contribution in [2.24, 2.45) is 28.6 Å². The Bertz CT molecular complexity index is 2260. The maximum atomic E-state index is 14.4. The first-order valence-electron chi connectivity index (χ1n) is 20.3. The van der Waals surface area contributed by atoms with Crippen LogP contribution in [0.15, 0.2) is 59.5 Å². The predicted octanol–water partition coefficient (Wildman–Crippen LogP) is 3.86. The van der Waals surface area contributed by atoms with Gasteiger partial charge in [0.1, 0.15) is 12.6 Å². The number of nitrogens with one attached hydrogen (secondary N) is 3. The highest BCUT2D eigenvalue weighted by Gasteiger charge is 2.76. The van der Waals surface area contributed by atoms with Crippen molar-refractivity contribution in [1.82, 2.24) is 10.6 Å². The highest BCUT2D eigenvalue weighted by molar-refractivity contribution is 9.09. The van der Waals surface area contributed by atoms with E-state index in [1.165, 1.54) is 11.3 Å². The van der Waals surface area contributed by atoms with Crippen molar-refractivity contribution in [1.29, 1.82) is 0 Å². The molecule has 0 spiro atoms. The van der Waals surface area contributed by atoms with Crippen LogP contribution in [0.25, 0.3) is 0 Å². The summed E-state index contributed by atoms with van der Waals surface area (Å²) in [6, 6.07) is 7.63. The molecule has 0 radical (unpaired) electrons. The number of amides is 3. The van der Waals surface area contributed by atoms with Crippen LogP contribution in [0.3, 0.4) is 0 Å². The lowest BCUT2D eigenvalue weighted by Crippen LogP contribution is -2.63. The number of carbonyl (C=O) groups excluding carboxylic acids is 5. The molecule has 20 heteroatoms. The van der Waals surface area contributed by atoms with Gasteiger partial charge in [0.2, 0.25) is 17.7 Å². The number of rotatable bonds is 16. The van der Waals surface area contributed by atoms with Crippen LogP contribution in [0.4, 0.5) is 5.69 Å². The molecular formula is C42H49BrN3O14PS. The summed E-state index contributed by atoms with van der Waals surface area (Å²) in [5.41, 5.74) is -0.281. The quantitative estimate of drug-likeness (QED) is 0.0932. The third-order valence-corrected chi connectivity index (χ3v) is 15.4. The SMILES string of the molecule is C[C@]12C=CC(=O)C=C1CC[C@@H]1[C@@H]2[C@@H](O)C[C@@]2(C)[C@H]1C[C@H]1O[C@@H](c3cc(Cc4cccc(NC(=O)[C@H](CCC(=O)O)NC(=O)CNC(=O)CBr)c4)cs3)O[C@]12C(=O)COP(=O)(O)O. The van der Waals surface area contributed by atoms with Gasteiger partial charge in [-0.05, 0) is 97.2 Å². The van der Waals surface area contributed by atoms with Crippen molar-refractivity contribution in [3.05, 3.63) is 75.5 Å². The number of alkyl halides is 1. The first-order valence-corrected chi connectivity index (χ1v) is 23.8. The third kappa shape index (κ3) is 9.06. The Morgan fingerprint density at radius 1 is 1.11 bits per heavy atom. The zero-order valence-corrected chi connectivity index (χ0v) is 37.2. The summed E-state index contributed by atoms with van der Waals surface area (Å²) >= 11 is 4.32. The number of Topliss-reactive ketones (excluding diaryl/α,β-unsaturated/α-hetero) is 1. The number of aliphatic hydroxyl groups excluding tert-OH is 1. The van der Waals surface area contributed by atoms with E-state index in [4.69, 9.17) is 14.0 Å². The van der Waals surface area contributed by atoms with Gasteiger partial charge in [0.15, 0.2) is 23.5 Å². The molecule has 2 aromatic rings. The van der Waals surface area contributed by atoms with Gasteiger partial charge in [-0.25, -0.2) is 4.57 Å². The molecule has 3 saturated carbocycles. The molecule has 334 valence electrons. The Kier molecular flexibility index (Phi) is 13.3. The van der Waals surface area contributed by atoms with E-state index in [0.29, 0.717) is 36.2 Å². The fourth-order valence-electron chi connectivity index (χ4n) is 10.8. The van der Waals surface area contributed by atoms with Crippen LogP contribution in [0.5, 0.6) is 0 Å². The number of ether oxygens (including phenoxy) is 2. The van der Waals surface area contributed by atoms with Gasteiger partial charge in [-0.3, -0.25) is 33.3 Å². The zero-order chi connectivity index (χ0) is 44.8. The van der Waals surface area contributed by atoms with E-state index in [1.54, 1.807) is 30.4 Å². The summed E-state index contributed by atoms with van der Waals surface area (Å²) in [6.07, 6.45) is 4.03. The Hall–Kier alpha value is -3.91. The molecule has 1 aliphatic heterocycles. The average molecular weight is 963 g/mol. The molecule has 5 aliphatic rings. The van der Waals surface area contributed by atoms with Gasteiger partial charge >= 0.3 is 13.8 Å². The highest BCUT2D eigenvalue weighted by Crippen LogP contribution is 2.70. The Morgan fingerprint density at radius 3 is 2.61 bits per heavy atom. The molecule has 10 atom stereocenters. The molecule has 0 unspecified atom stereocenters. The Labute approximate surface area is 369 Å². The standard InChI is InChI=1S/C42H49BrN3O14PS/c1-40-11-10-26(47)15-24(40)6-7-27-28-16-33-42(32(49)20-58-61(55,56)57,41(28,2)17-30(48)37(27)40)60-39(59-33)31-14-23(21-62-31)12-22-4-3-5-25(13-22)45-38(54)29(8-9-36(52)53)46-35(51)19-44-34(50)18-43/h3-5,10-11,13-15,21,27-30,33,37,39,48H,6-9,12,16-20H2,1-2H3,(H,44,50)(H,45,54)(H,46,51)(H,52,53)(H2,55,56,57)/t27-,28-,29-,30-,33+,37+,39+,40-,41-,42+/m0/s1. The average Bonchev–Trinajstić information content (AvgIpc) is 3.90. The van der Waals surface area contributed by atoms with E-state index in [-0.39, 0.29) is 48.1 Å². The monoisotopic (exact) mass is 961 g/mol. The van der Waals surface area contributed by atoms with Crippen molar-refractivity contribution in [3.8, 4) is 0 Å². The number of ketones is 2. The number of halogens is 1. The molecule has 1 aromatic heterocycles. The molecular weight excluding hydrogens is 913 g/mol. The number of carboxylic acids is 1. The molecule has 7 rings (SSSR count). The van der Waals surface area contributed by atoms with E-state index < -0.39 is 91.4 Å². The van der Waals surface area contributed by atoms with Gasteiger partial charge in [-0.1, -0.05) is 53.6 Å². The lowest BCUT2D eigenvalue weighted by Gasteiger charge is -2.59. The molecule has 7 N–H and O–H groups in total. The molecule has 1 saturated heterocycles. The van der Waals surface area contributed by atoms with E-state index >= 15 is 0 Å². The van der Waals surface area contributed by atoms with E-state index in [0.717, 1.165) is 16.7 Å². The molecule has 3 amide bonds. The van der Waals surface area contributed by atoms with Crippen molar-refractivity contribution in [2.45, 2.75) is 88.9 Å². The predicted molar refractivity (Wildman–Crippen MR) is 226 cm³/mol. The summed E-state index contributed by atoms with van der Waals surface area (Å²) in [4.78, 5) is 95.0. The number of phosphoric ester groups is 1. The third-order valence-electron chi connectivity index (χ3n) is 13.4. The highest BCUT2D eigenvalue weighted by atomic mass is 79.9. The maximum absolute atomic E-state index is 14.4. The molecule has 4 fully saturated rings. The second-order valence-electron chi connectivity index (χ2n) is 17.1. The topological polar surface area (TPSA) is 264 Å². The molecule has 4 aliphatic carbocycles. The van der Waals surface area contributed by atoms with Crippen LogP contribution in [-0.4, -0.2) is 97.6 Å². The minimum Gasteiger partial charge on any atom is -0.481 e. The van der Waals surface area contributed by atoms with Crippen molar-refractivity contribution in [2.75, 3.05) is 23.8 Å². The number of thiophene rings is 1. The summed E-state index contributed by atoms with van der Waals surface area (Å²) in [7, 11) is -5.04. The molecule has 2 heterocycles. The molecule has 1 aromatic carbocycles. The van der Waals surface area contributed by atoms with Crippen LogP contribution in [0.1, 0.15) is 74.7 Å². The maximum Gasteiger partial charge on any atom is 0.470 e. The van der Waals surface area contributed by atoms with Gasteiger partial charge in [-0.15, -0.1) is 11.3 Å². The summed E-state index contributed by atoms with van der Waals surface area (Å²) in [6.45, 7) is 2.61. The van der Waals surface area contributed by atoms with Crippen LogP contribution in [-0.2, 0) is 53.8 Å².